The maximum atomic E-state index is 10.4. The third-order valence-corrected chi connectivity index (χ3v) is 5.22. The van der Waals surface area contributed by atoms with Crippen molar-refractivity contribution in [2.24, 2.45) is 0 Å². The molecule has 5 nitrogen and oxygen atoms in total. The topological polar surface area (TPSA) is 45.2 Å². The van der Waals surface area contributed by atoms with Crippen molar-refractivity contribution in [1.29, 1.82) is 0 Å². The summed E-state index contributed by atoms with van der Waals surface area (Å²) in [5.41, 5.74) is 2.47. The highest BCUT2D eigenvalue weighted by molar-refractivity contribution is 5.43. The van der Waals surface area contributed by atoms with Crippen molar-refractivity contribution in [2.75, 3.05) is 46.4 Å². The van der Waals surface area contributed by atoms with Gasteiger partial charge in [0.05, 0.1) is 7.11 Å². The fourth-order valence-corrected chi connectivity index (χ4v) is 3.63. The van der Waals surface area contributed by atoms with Crippen LogP contribution >= 0.6 is 0 Å². The second kappa shape index (κ2) is 11.0. The number of piperazine rings is 1. The molecule has 0 radical (unpaired) electrons. The van der Waals surface area contributed by atoms with Crippen LogP contribution in [-0.4, -0.2) is 67.5 Å². The molecule has 1 atom stereocenters. The Labute approximate surface area is 174 Å². The summed E-state index contributed by atoms with van der Waals surface area (Å²) in [5, 5.41) is 10.4. The van der Waals surface area contributed by atoms with Crippen molar-refractivity contribution in [1.82, 2.24) is 9.80 Å². The molecule has 2 aromatic rings. The zero-order valence-corrected chi connectivity index (χ0v) is 17.3. The summed E-state index contributed by atoms with van der Waals surface area (Å²) in [6.07, 6.45) is 2.11. The Morgan fingerprint density at radius 3 is 2.41 bits per heavy atom. The van der Waals surface area contributed by atoms with Crippen LogP contribution in [0.15, 0.2) is 61.2 Å². The van der Waals surface area contributed by atoms with Crippen molar-refractivity contribution < 1.29 is 14.6 Å². The number of hydrogen-bond acceptors (Lipinski definition) is 5. The van der Waals surface area contributed by atoms with E-state index in [4.69, 9.17) is 9.47 Å². The van der Waals surface area contributed by atoms with Crippen LogP contribution in [0, 0.1) is 0 Å². The van der Waals surface area contributed by atoms with Gasteiger partial charge in [-0.2, -0.15) is 0 Å². The molecule has 1 saturated heterocycles. The van der Waals surface area contributed by atoms with Crippen LogP contribution < -0.4 is 9.47 Å². The molecule has 1 heterocycles. The number of aliphatic hydroxyl groups excluding tert-OH is 1. The maximum absolute atomic E-state index is 10.4. The Morgan fingerprint density at radius 2 is 1.72 bits per heavy atom. The Bertz CT molecular complexity index is 758. The molecule has 5 heteroatoms. The molecule has 1 N–H and O–H groups in total. The number of allylic oxidation sites excluding steroid dienone is 1. The van der Waals surface area contributed by atoms with Gasteiger partial charge >= 0.3 is 0 Å². The van der Waals surface area contributed by atoms with Crippen molar-refractivity contribution in [3.63, 3.8) is 0 Å². The Balaban J connectivity index is 1.41. The van der Waals surface area contributed by atoms with Gasteiger partial charge in [-0.3, -0.25) is 9.80 Å². The van der Waals surface area contributed by atoms with E-state index in [0.717, 1.165) is 44.7 Å². The van der Waals surface area contributed by atoms with Crippen molar-refractivity contribution >= 4 is 0 Å². The molecule has 0 spiro atoms. The van der Waals surface area contributed by atoms with Crippen LogP contribution in [0.2, 0.25) is 0 Å². The molecule has 0 unspecified atom stereocenters. The van der Waals surface area contributed by atoms with Gasteiger partial charge in [-0.25, -0.2) is 0 Å². The standard InChI is InChI=1S/C24H32N2O3/c1-3-7-20-10-11-23(24(16-20)28-2)29-19-22(27)18-26-14-12-25(13-15-26)17-21-8-5-4-6-9-21/h3-6,8-11,16,22,27H,1,7,12-15,17-19H2,2H3/t22-/m0/s1. The first-order chi connectivity index (χ1) is 14.2. The van der Waals surface area contributed by atoms with Crippen LogP contribution in [0.1, 0.15) is 11.1 Å². The highest BCUT2D eigenvalue weighted by Crippen LogP contribution is 2.28. The SMILES string of the molecule is C=CCc1ccc(OC[C@@H](O)CN2CCN(Cc3ccccc3)CC2)c(OC)c1. The molecule has 156 valence electrons. The summed E-state index contributed by atoms with van der Waals surface area (Å²) in [6.45, 7) is 9.58. The monoisotopic (exact) mass is 396 g/mol. The maximum Gasteiger partial charge on any atom is 0.161 e. The number of β-amino-alcohol motifs (C(OH)–C–C–N with tert-alkyl or cyclic N) is 1. The molecule has 0 amide bonds. The minimum absolute atomic E-state index is 0.251. The molecule has 3 rings (SSSR count). The summed E-state index contributed by atoms with van der Waals surface area (Å²) in [7, 11) is 1.63. The normalized spacial score (nSPS) is 16.3. The number of rotatable bonds is 10. The molecule has 1 aliphatic heterocycles. The molecule has 1 aliphatic rings. The first-order valence-corrected chi connectivity index (χ1v) is 10.2. The van der Waals surface area contributed by atoms with E-state index >= 15 is 0 Å². The highest BCUT2D eigenvalue weighted by Gasteiger charge is 2.20. The second-order valence-corrected chi connectivity index (χ2v) is 7.51. The second-order valence-electron chi connectivity index (χ2n) is 7.51. The molecule has 2 aromatic carbocycles. The summed E-state index contributed by atoms with van der Waals surface area (Å²) >= 11 is 0. The van der Waals surface area contributed by atoms with Crippen molar-refractivity contribution in [2.45, 2.75) is 19.1 Å². The summed E-state index contributed by atoms with van der Waals surface area (Å²) < 4.78 is 11.2. The predicted octanol–water partition coefficient (Wildman–Crippen LogP) is 2.98. The Kier molecular flexibility index (Phi) is 8.11. The molecule has 0 aliphatic carbocycles. The minimum Gasteiger partial charge on any atom is -0.493 e. The Hall–Kier alpha value is -2.34. The molecule has 0 aromatic heterocycles. The number of ether oxygens (including phenoxy) is 2. The van der Waals surface area contributed by atoms with Gasteiger partial charge in [0.15, 0.2) is 11.5 Å². The van der Waals surface area contributed by atoms with Crippen LogP contribution in [0.25, 0.3) is 0 Å². The lowest BCUT2D eigenvalue weighted by molar-refractivity contribution is 0.0440. The summed E-state index contributed by atoms with van der Waals surface area (Å²) in [5.74, 6) is 1.35. The number of aliphatic hydroxyl groups is 1. The number of nitrogens with zero attached hydrogens (tertiary/aromatic N) is 2. The Morgan fingerprint density at radius 1 is 1.00 bits per heavy atom. The molecular formula is C24H32N2O3. The van der Waals surface area contributed by atoms with Gasteiger partial charge in [0.2, 0.25) is 0 Å². The molecule has 1 fully saturated rings. The van der Waals surface area contributed by atoms with E-state index in [9.17, 15) is 5.11 Å². The van der Waals surface area contributed by atoms with Crippen LogP contribution in [0.5, 0.6) is 11.5 Å². The van der Waals surface area contributed by atoms with Gasteiger partial charge < -0.3 is 14.6 Å². The van der Waals surface area contributed by atoms with E-state index < -0.39 is 6.10 Å². The predicted molar refractivity (Wildman–Crippen MR) is 117 cm³/mol. The van der Waals surface area contributed by atoms with E-state index in [-0.39, 0.29) is 6.61 Å². The first kappa shape index (κ1) is 21.4. The van der Waals surface area contributed by atoms with E-state index in [1.807, 2.05) is 24.3 Å². The van der Waals surface area contributed by atoms with Gasteiger partial charge in [0.25, 0.3) is 0 Å². The molecule has 0 saturated carbocycles. The van der Waals surface area contributed by atoms with Gasteiger partial charge in [-0.15, -0.1) is 6.58 Å². The first-order valence-electron chi connectivity index (χ1n) is 10.2. The van der Waals surface area contributed by atoms with Crippen LogP contribution in [-0.2, 0) is 13.0 Å². The van der Waals surface area contributed by atoms with Crippen molar-refractivity contribution in [3.05, 3.63) is 72.3 Å². The molecule has 29 heavy (non-hydrogen) atoms. The van der Waals surface area contributed by atoms with E-state index in [1.54, 1.807) is 7.11 Å². The van der Waals surface area contributed by atoms with Gasteiger partial charge in [-0.1, -0.05) is 42.5 Å². The number of hydrogen-bond donors (Lipinski definition) is 1. The lowest BCUT2D eigenvalue weighted by Gasteiger charge is -2.35. The van der Waals surface area contributed by atoms with Crippen molar-refractivity contribution in [3.8, 4) is 11.5 Å². The third kappa shape index (κ3) is 6.60. The third-order valence-electron chi connectivity index (χ3n) is 5.22. The van der Waals surface area contributed by atoms with Crippen LogP contribution in [0.4, 0.5) is 0 Å². The summed E-state index contributed by atoms with van der Waals surface area (Å²) in [6, 6.07) is 16.4. The largest absolute Gasteiger partial charge is 0.493 e. The minimum atomic E-state index is -0.534. The van der Waals surface area contributed by atoms with E-state index in [2.05, 4.69) is 46.7 Å². The van der Waals surface area contributed by atoms with Gasteiger partial charge in [0.1, 0.15) is 12.7 Å². The molecular weight excluding hydrogens is 364 g/mol. The fraction of sp³-hybridized carbons (Fsp3) is 0.417. The fourth-order valence-electron chi connectivity index (χ4n) is 3.63. The quantitative estimate of drug-likeness (QED) is 0.626. The summed E-state index contributed by atoms with van der Waals surface area (Å²) in [4.78, 5) is 4.77. The van der Waals surface area contributed by atoms with Gasteiger partial charge in [-0.05, 0) is 29.7 Å². The van der Waals surface area contributed by atoms with Crippen LogP contribution in [0.3, 0.4) is 0 Å². The lowest BCUT2D eigenvalue weighted by atomic mass is 10.1. The molecule has 0 bridgehead atoms. The zero-order chi connectivity index (χ0) is 20.5. The number of benzene rings is 2. The smallest absolute Gasteiger partial charge is 0.161 e. The average Bonchev–Trinajstić information content (AvgIpc) is 2.75. The van der Waals surface area contributed by atoms with E-state index in [0.29, 0.717) is 18.0 Å². The lowest BCUT2D eigenvalue weighted by Crippen LogP contribution is -2.48. The number of methoxy groups -OCH3 is 1. The van der Waals surface area contributed by atoms with Gasteiger partial charge in [0, 0.05) is 39.3 Å². The highest BCUT2D eigenvalue weighted by atomic mass is 16.5. The van der Waals surface area contributed by atoms with E-state index in [1.165, 1.54) is 5.56 Å². The zero-order valence-electron chi connectivity index (χ0n) is 17.3. The average molecular weight is 397 g/mol.